The van der Waals surface area contributed by atoms with Crippen LogP contribution in [0, 0.1) is 5.82 Å². The van der Waals surface area contributed by atoms with Crippen LogP contribution in [-0.4, -0.2) is 76.7 Å². The third kappa shape index (κ3) is 5.62. The van der Waals surface area contributed by atoms with Crippen LogP contribution in [0.1, 0.15) is 13.8 Å². The van der Waals surface area contributed by atoms with Crippen molar-refractivity contribution in [3.8, 4) is 39.6 Å². The number of piperazine rings is 1. The number of methoxy groups -OCH3 is 2. The minimum atomic E-state index is -0.524. The van der Waals surface area contributed by atoms with Gasteiger partial charge in [-0.2, -0.15) is 0 Å². The molecule has 222 valence electrons. The number of pyridine rings is 1. The zero-order valence-corrected chi connectivity index (χ0v) is 25.2. The first kappa shape index (κ1) is 29.6. The van der Waals surface area contributed by atoms with E-state index in [0.29, 0.717) is 34.9 Å². The monoisotopic (exact) mass is 595 g/mol. The van der Waals surface area contributed by atoms with Gasteiger partial charge in [0.15, 0.2) is 0 Å². The zero-order chi connectivity index (χ0) is 30.2. The van der Waals surface area contributed by atoms with Crippen LogP contribution in [-0.2, 0) is 11.8 Å². The van der Waals surface area contributed by atoms with Crippen molar-refractivity contribution < 1.29 is 19.0 Å². The molecule has 0 bridgehead atoms. The number of phenols is 1. The summed E-state index contributed by atoms with van der Waals surface area (Å²) in [5.74, 6) is -0.178. The van der Waals surface area contributed by atoms with Crippen LogP contribution in [0.5, 0.6) is 11.6 Å². The number of hydrogen-bond donors (Lipinski definition) is 1. The van der Waals surface area contributed by atoms with E-state index in [2.05, 4.69) is 28.6 Å². The second-order valence-corrected chi connectivity index (χ2v) is 11.5. The summed E-state index contributed by atoms with van der Waals surface area (Å²) in [5, 5.41) is 11.7. The van der Waals surface area contributed by atoms with Crippen LogP contribution >= 0.6 is 11.6 Å². The fraction of sp³-hybridized carbons (Fsp3) is 0.355. The lowest BCUT2D eigenvalue weighted by Crippen LogP contribution is -2.56. The third-order valence-electron chi connectivity index (χ3n) is 7.85. The number of aromatic nitrogens is 3. The first-order valence-electron chi connectivity index (χ1n) is 13.6. The van der Waals surface area contributed by atoms with Crippen LogP contribution in [0.2, 0.25) is 5.02 Å². The van der Waals surface area contributed by atoms with Gasteiger partial charge in [-0.1, -0.05) is 17.7 Å². The van der Waals surface area contributed by atoms with E-state index < -0.39 is 5.82 Å². The van der Waals surface area contributed by atoms with Crippen molar-refractivity contribution in [3.05, 3.63) is 76.3 Å². The first-order valence-corrected chi connectivity index (χ1v) is 14.0. The molecule has 0 spiro atoms. The number of hydrogen-bond acceptors (Lipinski definition) is 7. The largest absolute Gasteiger partial charge is 0.507 e. The lowest BCUT2D eigenvalue weighted by molar-refractivity contribution is 0.0301. The van der Waals surface area contributed by atoms with Gasteiger partial charge in [-0.25, -0.2) is 14.2 Å². The molecular formula is C31H35ClFN5O4. The fourth-order valence-corrected chi connectivity index (χ4v) is 5.80. The molecule has 9 nitrogen and oxygen atoms in total. The summed E-state index contributed by atoms with van der Waals surface area (Å²) in [7, 11) is 4.93. The maximum Gasteiger partial charge on any atom is 0.332 e. The number of rotatable bonds is 8. The average Bonchev–Trinajstić information content (AvgIpc) is 3.31. The van der Waals surface area contributed by atoms with E-state index in [4.69, 9.17) is 21.1 Å². The highest BCUT2D eigenvalue weighted by Crippen LogP contribution is 2.42. The molecule has 5 rings (SSSR count). The molecule has 1 saturated heterocycles. The molecular weight excluding hydrogens is 561 g/mol. The van der Waals surface area contributed by atoms with E-state index in [9.17, 15) is 9.90 Å². The molecule has 0 radical (unpaired) electrons. The molecule has 0 aliphatic carbocycles. The molecule has 1 N–H and O–H groups in total. The van der Waals surface area contributed by atoms with Gasteiger partial charge in [0.05, 0.1) is 24.4 Å². The van der Waals surface area contributed by atoms with E-state index >= 15 is 4.39 Å². The maximum absolute atomic E-state index is 15.0. The smallest absolute Gasteiger partial charge is 0.332 e. The average molecular weight is 596 g/mol. The van der Waals surface area contributed by atoms with Gasteiger partial charge in [-0.3, -0.25) is 9.47 Å². The van der Waals surface area contributed by atoms with Gasteiger partial charge in [0, 0.05) is 81.2 Å². The number of phenolic OH excluding ortho intramolecular Hbond substituents is 1. The van der Waals surface area contributed by atoms with Gasteiger partial charge < -0.3 is 24.0 Å². The van der Waals surface area contributed by atoms with Gasteiger partial charge in [-0.05, 0) is 49.7 Å². The Kier molecular flexibility index (Phi) is 8.32. The molecule has 4 aromatic rings. The van der Waals surface area contributed by atoms with Crippen molar-refractivity contribution in [2.45, 2.75) is 19.4 Å². The summed E-state index contributed by atoms with van der Waals surface area (Å²) in [6.07, 6.45) is 4.82. The predicted molar refractivity (Wildman–Crippen MR) is 163 cm³/mol. The van der Waals surface area contributed by atoms with E-state index in [1.165, 1.54) is 21.3 Å². The topological polar surface area (TPSA) is 85.0 Å². The van der Waals surface area contributed by atoms with Crippen LogP contribution in [0.25, 0.3) is 27.9 Å². The van der Waals surface area contributed by atoms with Crippen molar-refractivity contribution in [1.29, 1.82) is 0 Å². The number of anilines is 1. The summed E-state index contributed by atoms with van der Waals surface area (Å²) < 4.78 is 28.9. The van der Waals surface area contributed by atoms with E-state index in [0.717, 1.165) is 31.9 Å². The molecule has 3 heterocycles. The van der Waals surface area contributed by atoms with E-state index in [-0.39, 0.29) is 27.6 Å². The molecule has 1 aliphatic heterocycles. The molecule has 2 aromatic heterocycles. The highest BCUT2D eigenvalue weighted by Gasteiger charge is 2.31. The normalized spacial score (nSPS) is 14.4. The number of benzene rings is 2. The van der Waals surface area contributed by atoms with Gasteiger partial charge in [-0.15, -0.1) is 0 Å². The number of aryl methyl sites for hydroxylation is 1. The Labute approximate surface area is 249 Å². The molecule has 0 atom stereocenters. The van der Waals surface area contributed by atoms with Crippen LogP contribution < -0.4 is 15.3 Å². The molecule has 11 heteroatoms. The minimum Gasteiger partial charge on any atom is -0.507 e. The number of nitrogens with zero attached hydrogens (tertiary/aromatic N) is 5. The van der Waals surface area contributed by atoms with E-state index in [1.807, 2.05) is 6.07 Å². The predicted octanol–water partition coefficient (Wildman–Crippen LogP) is 4.96. The van der Waals surface area contributed by atoms with Crippen molar-refractivity contribution in [3.63, 3.8) is 0 Å². The molecule has 1 fully saturated rings. The van der Waals surface area contributed by atoms with Crippen molar-refractivity contribution in [2.75, 3.05) is 51.9 Å². The molecule has 2 aromatic carbocycles. The Balaban J connectivity index is 1.48. The zero-order valence-electron chi connectivity index (χ0n) is 24.4. The molecule has 0 saturated carbocycles. The van der Waals surface area contributed by atoms with Gasteiger partial charge in [0.25, 0.3) is 0 Å². The summed E-state index contributed by atoms with van der Waals surface area (Å²) in [6.45, 7) is 8.10. The molecule has 0 unspecified atom stereocenters. The molecule has 0 amide bonds. The van der Waals surface area contributed by atoms with Crippen molar-refractivity contribution in [2.24, 2.45) is 7.05 Å². The number of aromatic hydroxyl groups is 1. The van der Waals surface area contributed by atoms with Crippen LogP contribution in [0.15, 0.2) is 59.8 Å². The van der Waals surface area contributed by atoms with Crippen LogP contribution in [0.4, 0.5) is 10.1 Å². The lowest BCUT2D eigenvalue weighted by Gasteiger charge is -2.44. The minimum absolute atomic E-state index is 0.0903. The summed E-state index contributed by atoms with van der Waals surface area (Å²) in [6, 6.07) is 9.40. The second kappa shape index (κ2) is 11.8. The first-order chi connectivity index (χ1) is 20.0. The Morgan fingerprint density at radius 3 is 2.29 bits per heavy atom. The number of halogens is 2. The van der Waals surface area contributed by atoms with Crippen LogP contribution in [0.3, 0.4) is 0 Å². The molecule has 1 aliphatic rings. The third-order valence-corrected chi connectivity index (χ3v) is 8.15. The quantitative estimate of drug-likeness (QED) is 0.308. The van der Waals surface area contributed by atoms with Gasteiger partial charge in [0.2, 0.25) is 5.88 Å². The second-order valence-electron chi connectivity index (χ2n) is 11.0. The summed E-state index contributed by atoms with van der Waals surface area (Å²) >= 11 is 6.56. The van der Waals surface area contributed by atoms with Crippen molar-refractivity contribution in [1.82, 2.24) is 19.0 Å². The Morgan fingerprint density at radius 2 is 1.69 bits per heavy atom. The summed E-state index contributed by atoms with van der Waals surface area (Å²) in [4.78, 5) is 21.5. The Bertz CT molecular complexity index is 1660. The van der Waals surface area contributed by atoms with Crippen molar-refractivity contribution >= 4 is 17.3 Å². The molecule has 42 heavy (non-hydrogen) atoms. The highest BCUT2D eigenvalue weighted by molar-refractivity contribution is 6.32. The SMILES string of the molecule is COCC(C)(C)N1CCN(c2cc(-c3cc(F)cc(-c4ccc(-n5ccn(C)c5=O)c(Cl)c4)c3O)cnc2OC)CC1. The van der Waals surface area contributed by atoms with Gasteiger partial charge in [0.1, 0.15) is 17.3 Å². The number of ether oxygens (including phenoxy) is 2. The summed E-state index contributed by atoms with van der Waals surface area (Å²) in [5.41, 5.74) is 2.52. The van der Waals surface area contributed by atoms with Gasteiger partial charge >= 0.3 is 5.69 Å². The maximum atomic E-state index is 15.0. The standard InChI is InChI=1S/C31H35ClFN5O4/c1-31(2,19-41-4)37-11-9-36(10-12-37)27-15-21(18-34-29(27)42-5)24-17-22(33)16-23(28(24)39)20-6-7-26(25(32)14-20)38-13-8-35(3)30(38)40/h6-8,13-18,39H,9-12,19H2,1-5H3. The fourth-order valence-electron chi connectivity index (χ4n) is 5.53. The Morgan fingerprint density at radius 1 is 1.00 bits per heavy atom. The highest BCUT2D eigenvalue weighted by atomic mass is 35.5. The van der Waals surface area contributed by atoms with E-state index in [1.54, 1.807) is 58.1 Å². The Hall–Kier alpha value is -3.86. The number of imidazole rings is 1. The lowest BCUT2D eigenvalue weighted by atomic mass is 9.97.